The number of rotatable bonds is 5. The standard InChI is InChI=1S/C19H14N4O4/c24-18-8-6-15(22-21-14-4-2-1-3-5-14)10-13(18)12-20-17-11-16(23(26)27)7-9-19(17)25/h1-12,24-25H. The molecular formula is C19H14N4O4. The summed E-state index contributed by atoms with van der Waals surface area (Å²) in [4.78, 5) is 14.3. The third kappa shape index (κ3) is 4.51. The summed E-state index contributed by atoms with van der Waals surface area (Å²) in [6, 6.07) is 17.3. The quantitative estimate of drug-likeness (QED) is 0.281. The number of nitrogens with zero attached hydrogens (tertiary/aromatic N) is 4. The minimum absolute atomic E-state index is 0.0138. The third-order valence-corrected chi connectivity index (χ3v) is 3.56. The molecule has 134 valence electrons. The van der Waals surface area contributed by atoms with Gasteiger partial charge in [0.1, 0.15) is 17.2 Å². The monoisotopic (exact) mass is 362 g/mol. The lowest BCUT2D eigenvalue weighted by Gasteiger charge is -2.01. The fraction of sp³-hybridized carbons (Fsp3) is 0. The summed E-state index contributed by atoms with van der Waals surface area (Å²) in [5, 5.41) is 38.8. The molecule has 27 heavy (non-hydrogen) atoms. The number of azo groups is 1. The molecule has 0 radical (unpaired) electrons. The molecule has 0 spiro atoms. The Hall–Kier alpha value is -4.07. The van der Waals surface area contributed by atoms with E-state index in [1.54, 1.807) is 24.3 Å². The van der Waals surface area contributed by atoms with Gasteiger partial charge in [0.25, 0.3) is 5.69 Å². The molecule has 0 atom stereocenters. The molecule has 0 unspecified atom stereocenters. The maximum Gasteiger partial charge on any atom is 0.271 e. The molecule has 3 rings (SSSR count). The van der Waals surface area contributed by atoms with Crippen molar-refractivity contribution in [3.05, 3.63) is 82.4 Å². The summed E-state index contributed by atoms with van der Waals surface area (Å²) in [6.45, 7) is 0. The first kappa shape index (κ1) is 17.7. The molecule has 0 aliphatic rings. The van der Waals surface area contributed by atoms with Crippen LogP contribution in [0.15, 0.2) is 82.0 Å². The van der Waals surface area contributed by atoms with Gasteiger partial charge < -0.3 is 10.2 Å². The summed E-state index contributed by atoms with van der Waals surface area (Å²) in [5.41, 5.74) is 1.31. The zero-order chi connectivity index (χ0) is 19.2. The van der Waals surface area contributed by atoms with Crippen molar-refractivity contribution in [3.8, 4) is 11.5 Å². The summed E-state index contributed by atoms with van der Waals surface area (Å²) in [6.07, 6.45) is 1.29. The van der Waals surface area contributed by atoms with Gasteiger partial charge in [-0.2, -0.15) is 10.2 Å². The first-order valence-corrected chi connectivity index (χ1v) is 7.84. The number of hydrogen-bond donors (Lipinski definition) is 2. The molecule has 2 N–H and O–H groups in total. The number of aliphatic imine (C=N–C) groups is 1. The summed E-state index contributed by atoms with van der Waals surface area (Å²) in [5.74, 6) is -0.265. The molecule has 8 nitrogen and oxygen atoms in total. The number of hydrogen-bond acceptors (Lipinski definition) is 7. The maximum atomic E-state index is 10.8. The predicted octanol–water partition coefficient (Wildman–Crippen LogP) is 5.17. The van der Waals surface area contributed by atoms with Crippen LogP contribution in [0.2, 0.25) is 0 Å². The van der Waals surface area contributed by atoms with Crippen molar-refractivity contribution in [2.45, 2.75) is 0 Å². The second-order valence-electron chi connectivity index (χ2n) is 5.47. The maximum absolute atomic E-state index is 10.8. The Morgan fingerprint density at radius 2 is 1.56 bits per heavy atom. The van der Waals surface area contributed by atoms with E-state index in [0.717, 1.165) is 6.07 Å². The van der Waals surface area contributed by atoms with Gasteiger partial charge in [-0.3, -0.25) is 15.1 Å². The molecule has 3 aromatic carbocycles. The van der Waals surface area contributed by atoms with E-state index in [1.165, 1.54) is 24.4 Å². The highest BCUT2D eigenvalue weighted by molar-refractivity contribution is 5.87. The summed E-state index contributed by atoms with van der Waals surface area (Å²) in [7, 11) is 0. The average Bonchev–Trinajstić information content (AvgIpc) is 2.68. The molecular weight excluding hydrogens is 348 g/mol. The number of benzene rings is 3. The second-order valence-corrected chi connectivity index (χ2v) is 5.47. The van der Waals surface area contributed by atoms with Gasteiger partial charge in [-0.15, -0.1) is 0 Å². The Bertz CT molecular complexity index is 1030. The lowest BCUT2D eigenvalue weighted by Crippen LogP contribution is -1.87. The van der Waals surface area contributed by atoms with Crippen LogP contribution in [0.5, 0.6) is 11.5 Å². The first-order valence-electron chi connectivity index (χ1n) is 7.84. The fourth-order valence-electron chi connectivity index (χ4n) is 2.19. The summed E-state index contributed by atoms with van der Waals surface area (Å²) < 4.78 is 0. The van der Waals surface area contributed by atoms with E-state index in [0.29, 0.717) is 16.9 Å². The Morgan fingerprint density at radius 3 is 2.30 bits per heavy atom. The zero-order valence-corrected chi connectivity index (χ0v) is 13.9. The van der Waals surface area contributed by atoms with Crippen LogP contribution in [0.3, 0.4) is 0 Å². The highest BCUT2D eigenvalue weighted by Gasteiger charge is 2.09. The van der Waals surface area contributed by atoms with E-state index < -0.39 is 4.92 Å². The molecule has 0 amide bonds. The van der Waals surface area contributed by atoms with Gasteiger partial charge >= 0.3 is 0 Å². The van der Waals surface area contributed by atoms with Crippen LogP contribution < -0.4 is 0 Å². The van der Waals surface area contributed by atoms with E-state index in [9.17, 15) is 20.3 Å². The minimum atomic E-state index is -0.583. The van der Waals surface area contributed by atoms with Crippen LogP contribution >= 0.6 is 0 Å². The van der Waals surface area contributed by atoms with Crippen LogP contribution in [0, 0.1) is 10.1 Å². The van der Waals surface area contributed by atoms with Gasteiger partial charge in [0.05, 0.1) is 16.3 Å². The average molecular weight is 362 g/mol. The van der Waals surface area contributed by atoms with Crippen LogP contribution in [0.25, 0.3) is 0 Å². The predicted molar refractivity (Wildman–Crippen MR) is 101 cm³/mol. The molecule has 0 aliphatic carbocycles. The van der Waals surface area contributed by atoms with E-state index in [1.807, 2.05) is 18.2 Å². The fourth-order valence-corrected chi connectivity index (χ4v) is 2.19. The normalized spacial score (nSPS) is 11.3. The van der Waals surface area contributed by atoms with Gasteiger partial charge in [-0.05, 0) is 36.4 Å². The number of phenols is 2. The highest BCUT2D eigenvalue weighted by atomic mass is 16.6. The third-order valence-electron chi connectivity index (χ3n) is 3.56. The van der Waals surface area contributed by atoms with Crippen molar-refractivity contribution in [1.82, 2.24) is 0 Å². The number of nitro benzene ring substituents is 1. The molecule has 3 aromatic rings. The van der Waals surface area contributed by atoms with Crippen molar-refractivity contribution in [2.24, 2.45) is 15.2 Å². The number of nitro groups is 1. The molecule has 0 bridgehead atoms. The Morgan fingerprint density at radius 1 is 0.852 bits per heavy atom. The van der Waals surface area contributed by atoms with Crippen molar-refractivity contribution >= 4 is 29.0 Å². The van der Waals surface area contributed by atoms with E-state index in [-0.39, 0.29) is 22.9 Å². The van der Waals surface area contributed by atoms with Crippen LogP contribution in [0.4, 0.5) is 22.7 Å². The van der Waals surface area contributed by atoms with Crippen LogP contribution in [-0.4, -0.2) is 21.4 Å². The Labute approximate surface area is 153 Å². The minimum Gasteiger partial charge on any atom is -0.507 e. The molecule has 0 saturated carbocycles. The number of aromatic hydroxyl groups is 2. The Balaban J connectivity index is 1.87. The van der Waals surface area contributed by atoms with Crippen LogP contribution in [0.1, 0.15) is 5.56 Å². The summed E-state index contributed by atoms with van der Waals surface area (Å²) >= 11 is 0. The second kappa shape index (κ2) is 7.87. The van der Waals surface area contributed by atoms with Crippen molar-refractivity contribution in [3.63, 3.8) is 0 Å². The SMILES string of the molecule is O=[N+]([O-])c1ccc(O)c(N=Cc2cc(N=Nc3ccccc3)ccc2O)c1. The lowest BCUT2D eigenvalue weighted by molar-refractivity contribution is -0.384. The van der Waals surface area contributed by atoms with E-state index in [4.69, 9.17) is 0 Å². The molecule has 0 heterocycles. The molecule has 0 saturated heterocycles. The van der Waals surface area contributed by atoms with Crippen molar-refractivity contribution in [1.29, 1.82) is 0 Å². The van der Waals surface area contributed by atoms with Crippen LogP contribution in [-0.2, 0) is 0 Å². The number of non-ortho nitro benzene ring substituents is 1. The molecule has 0 aromatic heterocycles. The lowest BCUT2D eigenvalue weighted by atomic mass is 10.2. The van der Waals surface area contributed by atoms with Crippen molar-refractivity contribution in [2.75, 3.05) is 0 Å². The number of phenolic OH excluding ortho intramolecular Hbond substituents is 2. The zero-order valence-electron chi connectivity index (χ0n) is 13.9. The topological polar surface area (TPSA) is 121 Å². The smallest absolute Gasteiger partial charge is 0.271 e. The largest absolute Gasteiger partial charge is 0.507 e. The highest BCUT2D eigenvalue weighted by Crippen LogP contribution is 2.31. The van der Waals surface area contributed by atoms with Gasteiger partial charge in [0.2, 0.25) is 0 Å². The first-order chi connectivity index (χ1) is 13.0. The van der Waals surface area contributed by atoms with Crippen molar-refractivity contribution < 1.29 is 15.1 Å². The van der Waals surface area contributed by atoms with Gasteiger partial charge in [0.15, 0.2) is 0 Å². The van der Waals surface area contributed by atoms with E-state index >= 15 is 0 Å². The molecule has 8 heteroatoms. The van der Waals surface area contributed by atoms with Gasteiger partial charge in [0, 0.05) is 23.9 Å². The van der Waals surface area contributed by atoms with Gasteiger partial charge in [-0.25, -0.2) is 0 Å². The van der Waals surface area contributed by atoms with E-state index in [2.05, 4.69) is 15.2 Å². The van der Waals surface area contributed by atoms with Gasteiger partial charge in [-0.1, -0.05) is 18.2 Å². The molecule has 0 fully saturated rings. The molecule has 0 aliphatic heterocycles. The Kier molecular flexibility index (Phi) is 5.17.